The van der Waals surface area contributed by atoms with E-state index in [-0.39, 0.29) is 0 Å². The second kappa shape index (κ2) is 3.93. The molecule has 1 aliphatic heterocycles. The summed E-state index contributed by atoms with van der Waals surface area (Å²) >= 11 is 0. The highest BCUT2D eigenvalue weighted by Crippen LogP contribution is 2.14. The van der Waals surface area contributed by atoms with Crippen LogP contribution in [0.4, 0.5) is 0 Å². The lowest BCUT2D eigenvalue weighted by Crippen LogP contribution is -2.18. The Balaban J connectivity index is 2.04. The summed E-state index contributed by atoms with van der Waals surface area (Å²) in [6.45, 7) is 5.80. The van der Waals surface area contributed by atoms with Crippen molar-refractivity contribution in [3.8, 4) is 0 Å². The summed E-state index contributed by atoms with van der Waals surface area (Å²) in [4.78, 5) is 2.52. The number of aryl methyl sites for hydroxylation is 1. The molecule has 1 aromatic carbocycles. The van der Waals surface area contributed by atoms with Gasteiger partial charge in [-0.25, -0.2) is 0 Å². The summed E-state index contributed by atoms with van der Waals surface area (Å²) in [5.74, 6) is 0. The maximum absolute atomic E-state index is 3.25. The maximum Gasteiger partial charge on any atom is 0.0236 e. The van der Waals surface area contributed by atoms with Crippen LogP contribution >= 0.6 is 0 Å². The normalized spacial score (nSPS) is 17.9. The first-order chi connectivity index (χ1) is 6.36. The van der Waals surface area contributed by atoms with Gasteiger partial charge in [-0.15, -0.1) is 0 Å². The van der Waals surface area contributed by atoms with E-state index >= 15 is 0 Å². The molecule has 1 aliphatic rings. The standard InChI is InChI=1S/C12H16N/c1-11-6-2-3-7-12(11)10-13-8-4-5-9-13/h2-3,7H,4-5,8-10H2,1H3. The summed E-state index contributed by atoms with van der Waals surface area (Å²) < 4.78 is 0. The third-order valence-corrected chi connectivity index (χ3v) is 2.77. The molecule has 1 aromatic rings. The average Bonchev–Trinajstić information content (AvgIpc) is 2.61. The molecule has 1 nitrogen and oxygen atoms in total. The van der Waals surface area contributed by atoms with E-state index in [9.17, 15) is 0 Å². The molecule has 0 bridgehead atoms. The molecule has 1 heteroatoms. The molecular weight excluding hydrogens is 158 g/mol. The predicted molar refractivity (Wildman–Crippen MR) is 54.5 cm³/mol. The quantitative estimate of drug-likeness (QED) is 0.665. The zero-order chi connectivity index (χ0) is 9.10. The van der Waals surface area contributed by atoms with E-state index in [1.807, 2.05) is 6.07 Å². The minimum absolute atomic E-state index is 1.11. The number of hydrogen-bond acceptors (Lipinski definition) is 1. The molecule has 0 amide bonds. The minimum Gasteiger partial charge on any atom is -0.299 e. The zero-order valence-electron chi connectivity index (χ0n) is 8.21. The Morgan fingerprint density at radius 1 is 1.38 bits per heavy atom. The third-order valence-electron chi connectivity index (χ3n) is 2.77. The summed E-state index contributed by atoms with van der Waals surface area (Å²) in [6.07, 6.45) is 2.74. The number of benzene rings is 1. The van der Waals surface area contributed by atoms with Crippen LogP contribution in [0.3, 0.4) is 0 Å². The van der Waals surface area contributed by atoms with Crippen molar-refractivity contribution in [2.75, 3.05) is 13.1 Å². The molecule has 0 N–H and O–H groups in total. The van der Waals surface area contributed by atoms with Gasteiger partial charge in [0.25, 0.3) is 0 Å². The Hall–Kier alpha value is -0.820. The smallest absolute Gasteiger partial charge is 0.0236 e. The van der Waals surface area contributed by atoms with Crippen LogP contribution in [0.15, 0.2) is 18.2 Å². The van der Waals surface area contributed by atoms with Crippen molar-refractivity contribution in [3.05, 3.63) is 35.4 Å². The molecule has 0 saturated carbocycles. The lowest BCUT2D eigenvalue weighted by atomic mass is 10.1. The van der Waals surface area contributed by atoms with Crippen LogP contribution < -0.4 is 0 Å². The topological polar surface area (TPSA) is 3.24 Å². The maximum atomic E-state index is 3.25. The SMILES string of the molecule is Cc1[c]cccc1CN1CCCC1. The monoisotopic (exact) mass is 174 g/mol. The second-order valence-electron chi connectivity index (χ2n) is 3.80. The zero-order valence-corrected chi connectivity index (χ0v) is 8.21. The van der Waals surface area contributed by atoms with Crippen molar-refractivity contribution in [1.82, 2.24) is 4.90 Å². The Labute approximate surface area is 80.4 Å². The Morgan fingerprint density at radius 3 is 2.85 bits per heavy atom. The van der Waals surface area contributed by atoms with Crippen molar-refractivity contribution in [3.63, 3.8) is 0 Å². The van der Waals surface area contributed by atoms with Crippen LogP contribution in [-0.4, -0.2) is 18.0 Å². The van der Waals surface area contributed by atoms with E-state index < -0.39 is 0 Å². The molecule has 1 radical (unpaired) electrons. The van der Waals surface area contributed by atoms with Crippen LogP contribution in [-0.2, 0) is 6.54 Å². The van der Waals surface area contributed by atoms with E-state index in [0.29, 0.717) is 0 Å². The van der Waals surface area contributed by atoms with E-state index in [4.69, 9.17) is 0 Å². The summed E-state index contributed by atoms with van der Waals surface area (Å²) in [6, 6.07) is 9.53. The number of rotatable bonds is 2. The van der Waals surface area contributed by atoms with E-state index in [1.54, 1.807) is 0 Å². The van der Waals surface area contributed by atoms with Gasteiger partial charge >= 0.3 is 0 Å². The summed E-state index contributed by atoms with van der Waals surface area (Å²) in [7, 11) is 0. The van der Waals surface area contributed by atoms with Crippen molar-refractivity contribution in [1.29, 1.82) is 0 Å². The highest BCUT2D eigenvalue weighted by atomic mass is 15.1. The fourth-order valence-corrected chi connectivity index (χ4v) is 1.91. The number of likely N-dealkylation sites (tertiary alicyclic amines) is 1. The molecule has 0 unspecified atom stereocenters. The van der Waals surface area contributed by atoms with Gasteiger partial charge in [-0.2, -0.15) is 0 Å². The van der Waals surface area contributed by atoms with Crippen molar-refractivity contribution < 1.29 is 0 Å². The van der Waals surface area contributed by atoms with Gasteiger partial charge in [0.05, 0.1) is 0 Å². The number of nitrogens with zero attached hydrogens (tertiary/aromatic N) is 1. The minimum atomic E-state index is 1.11. The van der Waals surface area contributed by atoms with Gasteiger partial charge in [0.2, 0.25) is 0 Å². The molecule has 0 aromatic heterocycles. The van der Waals surface area contributed by atoms with Crippen LogP contribution in [0.25, 0.3) is 0 Å². The first kappa shape index (κ1) is 8.76. The predicted octanol–water partition coefficient (Wildman–Crippen LogP) is 2.39. The largest absolute Gasteiger partial charge is 0.299 e. The Kier molecular flexibility index (Phi) is 2.65. The van der Waals surface area contributed by atoms with Gasteiger partial charge in [-0.05, 0) is 50.0 Å². The van der Waals surface area contributed by atoms with Crippen LogP contribution in [0.5, 0.6) is 0 Å². The fourth-order valence-electron chi connectivity index (χ4n) is 1.91. The summed E-state index contributed by atoms with van der Waals surface area (Å²) in [5.41, 5.74) is 2.74. The first-order valence-electron chi connectivity index (χ1n) is 5.05. The lowest BCUT2D eigenvalue weighted by Gasteiger charge is -2.15. The molecule has 1 fully saturated rings. The van der Waals surface area contributed by atoms with Gasteiger partial charge in [0.15, 0.2) is 0 Å². The van der Waals surface area contributed by atoms with Crippen LogP contribution in [0.1, 0.15) is 24.0 Å². The average molecular weight is 174 g/mol. The molecular formula is C12H16N. The highest BCUT2D eigenvalue weighted by molar-refractivity contribution is 5.24. The fraction of sp³-hybridized carbons (Fsp3) is 0.500. The van der Waals surface area contributed by atoms with Crippen molar-refractivity contribution >= 4 is 0 Å². The Bertz CT molecular complexity index is 274. The van der Waals surface area contributed by atoms with Gasteiger partial charge in [0, 0.05) is 6.54 Å². The molecule has 0 spiro atoms. The first-order valence-corrected chi connectivity index (χ1v) is 5.05. The molecule has 13 heavy (non-hydrogen) atoms. The molecule has 69 valence electrons. The molecule has 1 heterocycles. The van der Waals surface area contributed by atoms with E-state index in [2.05, 4.69) is 30.0 Å². The van der Waals surface area contributed by atoms with Gasteiger partial charge in [-0.3, -0.25) is 4.90 Å². The number of hydrogen-bond donors (Lipinski definition) is 0. The van der Waals surface area contributed by atoms with E-state index in [0.717, 1.165) is 6.54 Å². The third kappa shape index (κ3) is 2.10. The van der Waals surface area contributed by atoms with Gasteiger partial charge in [0.1, 0.15) is 0 Å². The van der Waals surface area contributed by atoms with Crippen LogP contribution in [0.2, 0.25) is 0 Å². The molecule has 0 atom stereocenters. The molecule has 0 aliphatic carbocycles. The van der Waals surface area contributed by atoms with Gasteiger partial charge in [-0.1, -0.05) is 18.2 Å². The second-order valence-corrected chi connectivity index (χ2v) is 3.80. The highest BCUT2D eigenvalue weighted by Gasteiger charge is 2.11. The van der Waals surface area contributed by atoms with Crippen molar-refractivity contribution in [2.24, 2.45) is 0 Å². The molecule has 2 rings (SSSR count). The Morgan fingerprint density at radius 2 is 2.15 bits per heavy atom. The lowest BCUT2D eigenvalue weighted by molar-refractivity contribution is 0.330. The van der Waals surface area contributed by atoms with Gasteiger partial charge < -0.3 is 0 Å². The van der Waals surface area contributed by atoms with Crippen molar-refractivity contribution in [2.45, 2.75) is 26.3 Å². The molecule has 1 saturated heterocycles. The summed E-state index contributed by atoms with van der Waals surface area (Å²) in [5, 5.41) is 0. The van der Waals surface area contributed by atoms with E-state index in [1.165, 1.54) is 37.1 Å². The van der Waals surface area contributed by atoms with Crippen LogP contribution in [0, 0.1) is 13.0 Å².